The van der Waals surface area contributed by atoms with Crippen LogP contribution in [0.3, 0.4) is 0 Å². The summed E-state index contributed by atoms with van der Waals surface area (Å²) < 4.78 is 5.64. The van der Waals surface area contributed by atoms with Crippen molar-refractivity contribution in [2.75, 3.05) is 51.8 Å². The number of amides is 1. The van der Waals surface area contributed by atoms with Gasteiger partial charge in [-0.25, -0.2) is 9.98 Å². The molecule has 0 aromatic carbocycles. The Morgan fingerprint density at radius 1 is 1.35 bits per heavy atom. The van der Waals surface area contributed by atoms with E-state index >= 15 is 0 Å². The lowest BCUT2D eigenvalue weighted by molar-refractivity contribution is -0.138. The van der Waals surface area contributed by atoms with E-state index in [0.717, 1.165) is 69.3 Å². The van der Waals surface area contributed by atoms with Crippen LogP contribution in [0.1, 0.15) is 45.1 Å². The molecule has 1 aliphatic heterocycles. The Hall–Kier alpha value is -2.35. The van der Waals surface area contributed by atoms with Crippen LogP contribution in [0.25, 0.3) is 0 Å². The van der Waals surface area contributed by atoms with Crippen LogP contribution in [0, 0.1) is 5.41 Å². The number of rotatable bonds is 7. The third-order valence-electron chi connectivity index (χ3n) is 6.15. The molecule has 0 radical (unpaired) electrons. The molecule has 0 spiro atoms. The third-order valence-corrected chi connectivity index (χ3v) is 6.15. The number of nitrogens with zero attached hydrogens (tertiary/aromatic N) is 4. The Labute approximate surface area is 186 Å². The lowest BCUT2D eigenvalue weighted by Gasteiger charge is -2.32. The maximum absolute atomic E-state index is 12.8. The van der Waals surface area contributed by atoms with Gasteiger partial charge in [0.2, 0.25) is 5.91 Å². The molecule has 3 rings (SSSR count). The van der Waals surface area contributed by atoms with E-state index in [4.69, 9.17) is 9.73 Å². The average Bonchev–Trinajstić information content (AvgIpc) is 3.25. The monoisotopic (exact) mass is 430 g/mol. The highest BCUT2D eigenvalue weighted by atomic mass is 16.5. The van der Waals surface area contributed by atoms with Crippen molar-refractivity contribution < 1.29 is 9.53 Å². The van der Waals surface area contributed by atoms with Crippen LogP contribution in [0.4, 0.5) is 5.82 Å². The zero-order valence-corrected chi connectivity index (χ0v) is 19.5. The van der Waals surface area contributed by atoms with Gasteiger partial charge in [0.1, 0.15) is 5.82 Å². The van der Waals surface area contributed by atoms with Gasteiger partial charge in [-0.3, -0.25) is 4.79 Å². The van der Waals surface area contributed by atoms with E-state index in [9.17, 15) is 4.79 Å². The Bertz CT molecular complexity index is 760. The predicted octanol–water partition coefficient (Wildman–Crippen LogP) is 2.01. The van der Waals surface area contributed by atoms with Crippen molar-refractivity contribution in [2.24, 2.45) is 10.4 Å². The van der Waals surface area contributed by atoms with Gasteiger partial charge >= 0.3 is 0 Å². The molecule has 2 heterocycles. The molecular weight excluding hydrogens is 392 g/mol. The first kappa shape index (κ1) is 23.3. The molecule has 1 unspecified atom stereocenters. The Balaban J connectivity index is 1.65. The minimum absolute atomic E-state index is 0.215. The van der Waals surface area contributed by atoms with Crippen molar-refractivity contribution in [3.8, 4) is 0 Å². The molecule has 2 N–H and O–H groups in total. The number of morpholine rings is 1. The van der Waals surface area contributed by atoms with E-state index in [1.54, 1.807) is 4.90 Å². The first-order valence-electron chi connectivity index (χ1n) is 11.5. The smallest absolute Gasteiger partial charge is 0.230 e. The molecule has 172 valence electrons. The van der Waals surface area contributed by atoms with Crippen LogP contribution in [-0.4, -0.2) is 74.7 Å². The first-order chi connectivity index (χ1) is 14.9. The molecule has 1 amide bonds. The van der Waals surface area contributed by atoms with Gasteiger partial charge in [-0.05, 0) is 44.4 Å². The number of ether oxygens (including phenoxy) is 1. The maximum atomic E-state index is 12.8. The molecule has 2 aliphatic rings. The predicted molar refractivity (Wildman–Crippen MR) is 124 cm³/mol. The first-order valence-corrected chi connectivity index (χ1v) is 11.5. The van der Waals surface area contributed by atoms with Crippen molar-refractivity contribution >= 4 is 17.7 Å². The molecule has 8 nitrogen and oxygen atoms in total. The van der Waals surface area contributed by atoms with E-state index in [2.05, 4.69) is 40.4 Å². The summed E-state index contributed by atoms with van der Waals surface area (Å²) in [6.45, 7) is 8.52. The van der Waals surface area contributed by atoms with E-state index < -0.39 is 0 Å². The van der Waals surface area contributed by atoms with Crippen LogP contribution in [0.2, 0.25) is 0 Å². The summed E-state index contributed by atoms with van der Waals surface area (Å²) in [6.07, 6.45) is 6.15. The third kappa shape index (κ3) is 6.09. The van der Waals surface area contributed by atoms with Crippen molar-refractivity contribution in [3.05, 3.63) is 23.9 Å². The van der Waals surface area contributed by atoms with Gasteiger partial charge in [-0.15, -0.1) is 0 Å². The summed E-state index contributed by atoms with van der Waals surface area (Å²) >= 11 is 0. The maximum Gasteiger partial charge on any atom is 0.230 e. The SMILES string of the molecule is CCNC(=NCc1ccnc(N2CCOC(C)C2)c1)NCC1(C(=O)N(C)C)CCCC1. The van der Waals surface area contributed by atoms with Gasteiger partial charge in [0.15, 0.2) is 5.96 Å². The van der Waals surface area contributed by atoms with Gasteiger partial charge in [0, 0.05) is 46.5 Å². The molecule has 1 aromatic rings. The van der Waals surface area contributed by atoms with Crippen molar-refractivity contribution in [1.82, 2.24) is 20.5 Å². The number of guanidine groups is 1. The number of aromatic nitrogens is 1. The fourth-order valence-electron chi connectivity index (χ4n) is 4.52. The molecule has 1 aliphatic carbocycles. The van der Waals surface area contributed by atoms with Crippen LogP contribution in [0.15, 0.2) is 23.3 Å². The number of carbonyl (C=O) groups is 1. The van der Waals surface area contributed by atoms with Gasteiger partial charge in [0.25, 0.3) is 0 Å². The molecule has 1 aromatic heterocycles. The summed E-state index contributed by atoms with van der Waals surface area (Å²) in [5.41, 5.74) is 0.789. The molecule has 1 atom stereocenters. The zero-order valence-electron chi connectivity index (χ0n) is 19.5. The zero-order chi connectivity index (χ0) is 22.3. The normalized spacial score (nSPS) is 21.1. The largest absolute Gasteiger partial charge is 0.375 e. The summed E-state index contributed by atoms with van der Waals surface area (Å²) in [6, 6.07) is 4.12. The van der Waals surface area contributed by atoms with Crippen molar-refractivity contribution in [2.45, 2.75) is 52.2 Å². The number of hydrogen-bond acceptors (Lipinski definition) is 5. The molecule has 0 bridgehead atoms. The molecule has 1 saturated carbocycles. The Kier molecular flexibility index (Phi) is 8.12. The number of nitrogens with one attached hydrogen (secondary N) is 2. The minimum Gasteiger partial charge on any atom is -0.375 e. The number of pyridine rings is 1. The number of anilines is 1. The van der Waals surface area contributed by atoms with E-state index in [0.29, 0.717) is 13.1 Å². The highest BCUT2D eigenvalue weighted by molar-refractivity contribution is 5.85. The highest BCUT2D eigenvalue weighted by Crippen LogP contribution is 2.38. The van der Waals surface area contributed by atoms with Crippen molar-refractivity contribution in [3.63, 3.8) is 0 Å². The number of aliphatic imine (C=N–C) groups is 1. The van der Waals surface area contributed by atoms with E-state index in [-0.39, 0.29) is 17.4 Å². The fourth-order valence-corrected chi connectivity index (χ4v) is 4.52. The van der Waals surface area contributed by atoms with Gasteiger partial charge < -0.3 is 25.2 Å². The second-order valence-electron chi connectivity index (χ2n) is 8.89. The molecule has 2 fully saturated rings. The lowest BCUT2D eigenvalue weighted by Crippen LogP contribution is -2.49. The van der Waals surface area contributed by atoms with Crippen LogP contribution < -0.4 is 15.5 Å². The van der Waals surface area contributed by atoms with E-state index in [1.807, 2.05) is 26.4 Å². The van der Waals surface area contributed by atoms with Crippen LogP contribution in [0.5, 0.6) is 0 Å². The second-order valence-corrected chi connectivity index (χ2v) is 8.89. The second kappa shape index (κ2) is 10.8. The van der Waals surface area contributed by atoms with Crippen LogP contribution >= 0.6 is 0 Å². The number of hydrogen-bond donors (Lipinski definition) is 2. The van der Waals surface area contributed by atoms with E-state index in [1.165, 1.54) is 0 Å². The average molecular weight is 431 g/mol. The molecule has 8 heteroatoms. The summed E-state index contributed by atoms with van der Waals surface area (Å²) in [5.74, 6) is 1.94. The summed E-state index contributed by atoms with van der Waals surface area (Å²) in [4.78, 5) is 26.1. The van der Waals surface area contributed by atoms with Crippen LogP contribution in [-0.2, 0) is 16.1 Å². The van der Waals surface area contributed by atoms with Gasteiger partial charge in [0.05, 0.1) is 24.7 Å². The quantitative estimate of drug-likeness (QED) is 0.509. The summed E-state index contributed by atoms with van der Waals surface area (Å²) in [7, 11) is 3.69. The fraction of sp³-hybridized carbons (Fsp3) is 0.696. The standard InChI is InChI=1S/C23H38N6O2/c1-5-24-22(27-17-23(9-6-7-10-23)21(30)28(3)4)26-15-19-8-11-25-20(14-19)29-12-13-31-18(2)16-29/h8,11,14,18H,5-7,9-10,12-13,15-17H2,1-4H3,(H2,24,26,27). The Morgan fingerprint density at radius 3 is 2.81 bits per heavy atom. The van der Waals surface area contributed by atoms with Gasteiger partial charge in [-0.2, -0.15) is 0 Å². The molecule has 31 heavy (non-hydrogen) atoms. The summed E-state index contributed by atoms with van der Waals surface area (Å²) in [5, 5.41) is 6.76. The highest BCUT2D eigenvalue weighted by Gasteiger charge is 2.42. The molecular formula is C23H38N6O2. The lowest BCUT2D eigenvalue weighted by atomic mass is 9.84. The number of carbonyl (C=O) groups excluding carboxylic acids is 1. The van der Waals surface area contributed by atoms with Crippen molar-refractivity contribution in [1.29, 1.82) is 0 Å². The molecule has 1 saturated heterocycles. The van der Waals surface area contributed by atoms with Gasteiger partial charge in [-0.1, -0.05) is 12.8 Å². The topological polar surface area (TPSA) is 82.1 Å². The minimum atomic E-state index is -0.323. The Morgan fingerprint density at radius 2 is 2.13 bits per heavy atom.